The Balaban J connectivity index is 1.28. The molecule has 146 valence electrons. The Labute approximate surface area is 163 Å². The van der Waals surface area contributed by atoms with Crippen molar-refractivity contribution in [1.82, 2.24) is 9.80 Å². The van der Waals surface area contributed by atoms with Gasteiger partial charge in [0.2, 0.25) is 6.79 Å². The number of carbonyl (C=O) groups excluding carboxylic acids is 2. The largest absolute Gasteiger partial charge is 0.484 e. The highest BCUT2D eigenvalue weighted by Gasteiger charge is 2.26. The van der Waals surface area contributed by atoms with Crippen LogP contribution >= 0.6 is 0 Å². The van der Waals surface area contributed by atoms with E-state index in [0.717, 1.165) is 5.56 Å². The molecule has 1 saturated heterocycles. The van der Waals surface area contributed by atoms with E-state index in [1.807, 2.05) is 31.2 Å². The molecule has 2 aromatic carbocycles. The molecular formula is C21H22N2O5. The van der Waals surface area contributed by atoms with Gasteiger partial charge in [0.15, 0.2) is 18.1 Å². The average Bonchev–Trinajstić information content (AvgIpc) is 3.20. The van der Waals surface area contributed by atoms with Crippen LogP contribution in [-0.2, 0) is 4.79 Å². The van der Waals surface area contributed by atoms with E-state index < -0.39 is 0 Å². The smallest absolute Gasteiger partial charge is 0.260 e. The van der Waals surface area contributed by atoms with Crippen LogP contribution < -0.4 is 14.2 Å². The molecule has 2 aromatic rings. The summed E-state index contributed by atoms with van der Waals surface area (Å²) in [7, 11) is 0. The molecular weight excluding hydrogens is 360 g/mol. The van der Waals surface area contributed by atoms with Gasteiger partial charge in [-0.2, -0.15) is 0 Å². The minimum Gasteiger partial charge on any atom is -0.484 e. The lowest BCUT2D eigenvalue weighted by atomic mass is 10.1. The third-order valence-corrected chi connectivity index (χ3v) is 4.92. The zero-order chi connectivity index (χ0) is 19.5. The van der Waals surface area contributed by atoms with E-state index >= 15 is 0 Å². The second kappa shape index (κ2) is 7.80. The van der Waals surface area contributed by atoms with Crippen LogP contribution in [0.1, 0.15) is 15.9 Å². The molecule has 2 amide bonds. The quantitative estimate of drug-likeness (QED) is 0.810. The van der Waals surface area contributed by atoms with Gasteiger partial charge < -0.3 is 24.0 Å². The lowest BCUT2D eigenvalue weighted by Gasteiger charge is -2.34. The third-order valence-electron chi connectivity index (χ3n) is 4.92. The zero-order valence-electron chi connectivity index (χ0n) is 15.7. The van der Waals surface area contributed by atoms with Gasteiger partial charge in [-0.05, 0) is 37.3 Å². The van der Waals surface area contributed by atoms with E-state index in [9.17, 15) is 9.59 Å². The molecule has 0 saturated carbocycles. The van der Waals surface area contributed by atoms with Gasteiger partial charge in [-0.3, -0.25) is 9.59 Å². The van der Waals surface area contributed by atoms with E-state index in [4.69, 9.17) is 14.2 Å². The van der Waals surface area contributed by atoms with Crippen molar-refractivity contribution < 1.29 is 23.8 Å². The maximum Gasteiger partial charge on any atom is 0.260 e. The summed E-state index contributed by atoms with van der Waals surface area (Å²) < 4.78 is 16.2. The van der Waals surface area contributed by atoms with Crippen molar-refractivity contribution in [2.45, 2.75) is 6.92 Å². The highest BCUT2D eigenvalue weighted by Crippen LogP contribution is 2.32. The third kappa shape index (κ3) is 3.88. The number of amides is 2. The number of nitrogens with zero attached hydrogens (tertiary/aromatic N) is 2. The van der Waals surface area contributed by atoms with Gasteiger partial charge in [0, 0.05) is 31.7 Å². The molecule has 0 bridgehead atoms. The average molecular weight is 382 g/mol. The molecule has 7 nitrogen and oxygen atoms in total. The predicted octanol–water partition coefficient (Wildman–Crippen LogP) is 2.09. The number of aryl methyl sites for hydroxylation is 1. The lowest BCUT2D eigenvalue weighted by Crippen LogP contribution is -2.51. The minimum atomic E-state index is -0.0734. The molecule has 2 aliphatic rings. The number of hydrogen-bond donors (Lipinski definition) is 0. The molecule has 2 heterocycles. The summed E-state index contributed by atoms with van der Waals surface area (Å²) >= 11 is 0. The second-order valence-corrected chi connectivity index (χ2v) is 6.84. The van der Waals surface area contributed by atoms with Crippen LogP contribution in [0.5, 0.6) is 17.2 Å². The monoisotopic (exact) mass is 382 g/mol. The van der Waals surface area contributed by atoms with E-state index in [1.165, 1.54) is 0 Å². The zero-order valence-corrected chi connectivity index (χ0v) is 15.7. The topological polar surface area (TPSA) is 68.3 Å². The highest BCUT2D eigenvalue weighted by molar-refractivity contribution is 5.95. The van der Waals surface area contributed by atoms with Crippen LogP contribution in [0, 0.1) is 6.92 Å². The fourth-order valence-electron chi connectivity index (χ4n) is 3.24. The number of benzene rings is 2. The van der Waals surface area contributed by atoms with Gasteiger partial charge in [0.25, 0.3) is 11.8 Å². The molecule has 0 aromatic heterocycles. The predicted molar refractivity (Wildman–Crippen MR) is 102 cm³/mol. The first-order valence-corrected chi connectivity index (χ1v) is 9.26. The Morgan fingerprint density at radius 1 is 0.929 bits per heavy atom. The maximum absolute atomic E-state index is 12.7. The van der Waals surface area contributed by atoms with Gasteiger partial charge in [0.05, 0.1) is 0 Å². The molecule has 0 spiro atoms. The van der Waals surface area contributed by atoms with Crippen LogP contribution in [0.15, 0.2) is 42.5 Å². The molecule has 0 N–H and O–H groups in total. The number of hydrogen-bond acceptors (Lipinski definition) is 5. The Kier molecular flexibility index (Phi) is 5.06. The summed E-state index contributed by atoms with van der Waals surface area (Å²) in [5, 5.41) is 0. The van der Waals surface area contributed by atoms with E-state index in [0.29, 0.717) is 49.0 Å². The molecule has 7 heteroatoms. The van der Waals surface area contributed by atoms with E-state index in [1.54, 1.807) is 28.0 Å². The van der Waals surface area contributed by atoms with E-state index in [-0.39, 0.29) is 25.2 Å². The Morgan fingerprint density at radius 2 is 1.61 bits per heavy atom. The standard InChI is InChI=1S/C21H22N2O5/c1-15-2-5-17(6-3-15)26-13-20(24)22-8-10-23(11-9-22)21(25)16-4-7-18-19(12-16)28-14-27-18/h2-7,12H,8-11,13-14H2,1H3. The van der Waals surface area contributed by atoms with Crippen LogP contribution in [0.4, 0.5) is 0 Å². The fourth-order valence-corrected chi connectivity index (χ4v) is 3.24. The van der Waals surface area contributed by atoms with Crippen molar-refractivity contribution in [2.75, 3.05) is 39.6 Å². The summed E-state index contributed by atoms with van der Waals surface area (Å²) in [6.45, 7) is 4.14. The molecule has 0 aliphatic carbocycles. The first kappa shape index (κ1) is 18.2. The summed E-state index contributed by atoms with van der Waals surface area (Å²) in [6, 6.07) is 12.8. The molecule has 1 fully saturated rings. The van der Waals surface area contributed by atoms with E-state index in [2.05, 4.69) is 0 Å². The van der Waals surface area contributed by atoms with Gasteiger partial charge in [-0.15, -0.1) is 0 Å². The SMILES string of the molecule is Cc1ccc(OCC(=O)N2CCN(C(=O)c3ccc4c(c3)OCO4)CC2)cc1. The maximum atomic E-state index is 12.7. The van der Waals surface area contributed by atoms with Crippen molar-refractivity contribution in [3.63, 3.8) is 0 Å². The summed E-state index contributed by atoms with van der Waals surface area (Å²) in [5.74, 6) is 1.78. The van der Waals surface area contributed by atoms with Crippen LogP contribution in [0.25, 0.3) is 0 Å². The minimum absolute atomic E-state index is 0.000825. The van der Waals surface area contributed by atoms with Crippen molar-refractivity contribution in [3.8, 4) is 17.2 Å². The fraction of sp³-hybridized carbons (Fsp3) is 0.333. The van der Waals surface area contributed by atoms with Crippen LogP contribution in [0.2, 0.25) is 0 Å². The van der Waals surface area contributed by atoms with Crippen LogP contribution in [0.3, 0.4) is 0 Å². The summed E-state index contributed by atoms with van der Waals surface area (Å²) in [5.41, 5.74) is 1.70. The Morgan fingerprint density at radius 3 is 2.36 bits per heavy atom. The first-order valence-electron chi connectivity index (χ1n) is 9.26. The summed E-state index contributed by atoms with van der Waals surface area (Å²) in [6.07, 6.45) is 0. The molecule has 0 unspecified atom stereocenters. The summed E-state index contributed by atoms with van der Waals surface area (Å²) in [4.78, 5) is 28.6. The van der Waals surface area contributed by atoms with Gasteiger partial charge in [-0.1, -0.05) is 17.7 Å². The number of rotatable bonds is 4. The van der Waals surface area contributed by atoms with Crippen molar-refractivity contribution in [3.05, 3.63) is 53.6 Å². The molecule has 0 atom stereocenters. The number of fused-ring (bicyclic) bond motifs is 1. The Hall–Kier alpha value is -3.22. The number of carbonyl (C=O) groups is 2. The van der Waals surface area contributed by atoms with Gasteiger partial charge in [-0.25, -0.2) is 0 Å². The van der Waals surface area contributed by atoms with Crippen molar-refractivity contribution in [1.29, 1.82) is 0 Å². The normalized spacial score (nSPS) is 15.5. The lowest BCUT2D eigenvalue weighted by molar-refractivity contribution is -0.134. The van der Waals surface area contributed by atoms with Gasteiger partial charge >= 0.3 is 0 Å². The van der Waals surface area contributed by atoms with Crippen molar-refractivity contribution >= 4 is 11.8 Å². The number of ether oxygens (including phenoxy) is 3. The van der Waals surface area contributed by atoms with Crippen molar-refractivity contribution in [2.24, 2.45) is 0 Å². The molecule has 28 heavy (non-hydrogen) atoms. The Bertz CT molecular complexity index is 873. The van der Waals surface area contributed by atoms with Gasteiger partial charge in [0.1, 0.15) is 5.75 Å². The molecule has 2 aliphatic heterocycles. The molecule has 0 radical (unpaired) electrons. The second-order valence-electron chi connectivity index (χ2n) is 6.84. The van der Waals surface area contributed by atoms with Crippen LogP contribution in [-0.4, -0.2) is 61.2 Å². The first-order chi connectivity index (χ1) is 13.6. The number of piperazine rings is 1. The highest BCUT2D eigenvalue weighted by atomic mass is 16.7. The molecule has 4 rings (SSSR count).